The van der Waals surface area contributed by atoms with Crippen LogP contribution in [0.15, 0.2) is 30.6 Å². The van der Waals surface area contributed by atoms with Crippen LogP contribution in [-0.2, 0) is 11.2 Å². The minimum atomic E-state index is -4.72. The Morgan fingerprint density at radius 1 is 1.32 bits per heavy atom. The summed E-state index contributed by atoms with van der Waals surface area (Å²) in [7, 11) is 0. The molecule has 0 radical (unpaired) electrons. The molecule has 0 spiro atoms. The maximum Gasteiger partial charge on any atom is 0.407 e. The van der Waals surface area contributed by atoms with Gasteiger partial charge in [0, 0.05) is 12.8 Å². The van der Waals surface area contributed by atoms with Crippen LogP contribution in [0.1, 0.15) is 36.7 Å². The van der Waals surface area contributed by atoms with E-state index in [2.05, 4.69) is 26.6 Å². The lowest BCUT2D eigenvalue weighted by atomic mass is 9.94. The van der Waals surface area contributed by atoms with Gasteiger partial charge in [-0.1, -0.05) is 12.1 Å². The van der Waals surface area contributed by atoms with Crippen molar-refractivity contribution in [3.8, 4) is 6.07 Å². The van der Waals surface area contributed by atoms with Gasteiger partial charge in [-0.15, -0.1) is 0 Å². The molecule has 2 N–H and O–H groups in total. The van der Waals surface area contributed by atoms with Crippen molar-refractivity contribution >= 4 is 5.78 Å². The van der Waals surface area contributed by atoms with Crippen molar-refractivity contribution < 1.29 is 22.4 Å². The van der Waals surface area contributed by atoms with Crippen molar-refractivity contribution in [3.05, 3.63) is 47.8 Å². The first-order chi connectivity index (χ1) is 13.2. The summed E-state index contributed by atoms with van der Waals surface area (Å²) in [6, 6.07) is 2.55. The molecule has 0 amide bonds. The lowest BCUT2D eigenvalue weighted by Crippen LogP contribution is -2.46. The fraction of sp³-hybridized carbons (Fsp3) is 0.444. The van der Waals surface area contributed by atoms with Crippen molar-refractivity contribution in [2.75, 3.05) is 0 Å². The number of Topliss-reactive ketones (excluding diaryl/α,β-unsaturated/α-hetero) is 1. The van der Waals surface area contributed by atoms with Crippen molar-refractivity contribution in [2.45, 2.75) is 43.9 Å². The molecule has 1 fully saturated rings. The number of halogens is 4. The van der Waals surface area contributed by atoms with Gasteiger partial charge in [-0.2, -0.15) is 23.5 Å². The Kier molecular flexibility index (Phi) is 5.47. The molecule has 1 aromatic carbocycles. The molecule has 0 saturated heterocycles. The van der Waals surface area contributed by atoms with Crippen LogP contribution in [-0.4, -0.2) is 33.2 Å². The number of hydrogen-bond donors (Lipinski definition) is 2. The van der Waals surface area contributed by atoms with Crippen molar-refractivity contribution in [1.82, 2.24) is 20.5 Å². The molecule has 2 aromatic rings. The first-order valence-corrected chi connectivity index (χ1v) is 8.59. The molecular weight excluding hydrogens is 378 g/mol. The second-order valence-electron chi connectivity index (χ2n) is 6.92. The van der Waals surface area contributed by atoms with Gasteiger partial charge in [0.15, 0.2) is 5.78 Å². The Balaban J connectivity index is 1.85. The summed E-state index contributed by atoms with van der Waals surface area (Å²) in [5.74, 6) is -0.928. The third-order valence-electron chi connectivity index (χ3n) is 4.75. The van der Waals surface area contributed by atoms with Crippen LogP contribution in [0.4, 0.5) is 17.6 Å². The van der Waals surface area contributed by atoms with Crippen LogP contribution in [0.25, 0.3) is 0 Å². The summed E-state index contributed by atoms with van der Waals surface area (Å²) in [6.45, 7) is 0. The number of nitrogens with zero attached hydrogens (tertiary/aromatic N) is 3. The smallest absolute Gasteiger partial charge is 0.298 e. The number of aromatic nitrogens is 3. The van der Waals surface area contributed by atoms with Gasteiger partial charge in [0.25, 0.3) is 0 Å². The van der Waals surface area contributed by atoms with E-state index >= 15 is 0 Å². The first-order valence-electron chi connectivity index (χ1n) is 8.59. The maximum atomic E-state index is 13.7. The second-order valence-corrected chi connectivity index (χ2v) is 6.92. The van der Waals surface area contributed by atoms with Crippen LogP contribution in [0.2, 0.25) is 0 Å². The molecule has 0 bridgehead atoms. The molecular formula is C18H17F4N5O. The minimum Gasteiger partial charge on any atom is -0.298 e. The minimum absolute atomic E-state index is 0.136. The number of alkyl halides is 3. The van der Waals surface area contributed by atoms with E-state index < -0.39 is 35.3 Å². The highest BCUT2D eigenvalue weighted by Gasteiger charge is 2.47. The summed E-state index contributed by atoms with van der Waals surface area (Å²) < 4.78 is 54.1. The number of nitrogens with one attached hydrogen (secondary N) is 2. The molecule has 1 aromatic heterocycles. The highest BCUT2D eigenvalue weighted by atomic mass is 19.4. The molecule has 3 rings (SSSR count). The van der Waals surface area contributed by atoms with Gasteiger partial charge in [0.1, 0.15) is 24.0 Å². The van der Waals surface area contributed by atoms with E-state index in [1.165, 1.54) is 6.33 Å². The second kappa shape index (κ2) is 7.67. The lowest BCUT2D eigenvalue weighted by molar-refractivity contribution is -0.160. The number of benzene rings is 1. The highest BCUT2D eigenvalue weighted by Crippen LogP contribution is 2.48. The molecule has 10 heteroatoms. The van der Waals surface area contributed by atoms with E-state index in [0.29, 0.717) is 12.8 Å². The number of H-pyrrole nitrogens is 1. The average molecular weight is 395 g/mol. The Morgan fingerprint density at radius 3 is 2.50 bits per heavy atom. The molecule has 6 nitrogen and oxygen atoms in total. The first kappa shape index (κ1) is 19.9. The normalized spacial score (nSPS) is 17.5. The van der Waals surface area contributed by atoms with Crippen molar-refractivity contribution in [3.63, 3.8) is 0 Å². The highest BCUT2D eigenvalue weighted by molar-refractivity contribution is 5.85. The van der Waals surface area contributed by atoms with E-state index in [0.717, 1.165) is 24.3 Å². The zero-order valence-corrected chi connectivity index (χ0v) is 14.6. The molecule has 0 aliphatic heterocycles. The van der Waals surface area contributed by atoms with Gasteiger partial charge >= 0.3 is 6.18 Å². The topological polar surface area (TPSA) is 94.5 Å². The van der Waals surface area contributed by atoms with E-state index in [1.54, 1.807) is 0 Å². The third kappa shape index (κ3) is 4.72. The van der Waals surface area contributed by atoms with E-state index in [-0.39, 0.29) is 24.2 Å². The summed E-state index contributed by atoms with van der Waals surface area (Å²) in [4.78, 5) is 16.6. The number of nitriles is 1. The summed E-state index contributed by atoms with van der Waals surface area (Å²) in [6.07, 6.45) is -2.71. The van der Waals surface area contributed by atoms with Crippen LogP contribution in [0.3, 0.4) is 0 Å². The largest absolute Gasteiger partial charge is 0.407 e. The molecule has 1 aliphatic rings. The fourth-order valence-corrected chi connectivity index (χ4v) is 2.96. The predicted octanol–water partition coefficient (Wildman–Crippen LogP) is 3.01. The monoisotopic (exact) mass is 395 g/mol. The lowest BCUT2D eigenvalue weighted by Gasteiger charge is -2.27. The predicted molar refractivity (Wildman–Crippen MR) is 89.1 cm³/mol. The number of rotatable bonds is 8. The van der Waals surface area contributed by atoms with Gasteiger partial charge in [0.2, 0.25) is 0 Å². The van der Waals surface area contributed by atoms with Gasteiger partial charge in [0.05, 0.1) is 17.5 Å². The van der Waals surface area contributed by atoms with Crippen molar-refractivity contribution in [1.29, 1.82) is 5.26 Å². The molecule has 1 saturated carbocycles. The van der Waals surface area contributed by atoms with Crippen LogP contribution in [0.5, 0.6) is 0 Å². The Labute approximate surface area is 158 Å². The molecule has 148 valence electrons. The van der Waals surface area contributed by atoms with E-state index in [1.807, 2.05) is 0 Å². The molecule has 28 heavy (non-hydrogen) atoms. The molecule has 1 aliphatic carbocycles. The molecule has 2 atom stereocenters. The Morgan fingerprint density at radius 2 is 2.00 bits per heavy atom. The standard InChI is InChI=1S/C18H17F4N5O/c19-12-3-1-11(2-4-12)16(18(20,21)22)26-13(7-15-24-10-25-27-15)14(28)8-17(9-23)5-6-17/h1-4,10,13,16,26H,5-8H2,(H,24,25,27)/t13-,16-/m0/s1. The SMILES string of the molecule is N#CC1(CC(=O)[C@H](Cc2ncn[nH]2)N[C@@H](c2ccc(F)cc2)C(F)(F)F)CC1. The number of hydrogen-bond acceptors (Lipinski definition) is 5. The number of carbonyl (C=O) groups excluding carboxylic acids is 1. The summed E-state index contributed by atoms with van der Waals surface area (Å²) in [5, 5.41) is 17.7. The van der Waals surface area contributed by atoms with E-state index in [4.69, 9.17) is 0 Å². The zero-order valence-electron chi connectivity index (χ0n) is 14.6. The number of aromatic amines is 1. The number of carbonyl (C=O) groups is 1. The van der Waals surface area contributed by atoms with Gasteiger partial charge in [-0.05, 0) is 30.5 Å². The van der Waals surface area contributed by atoms with E-state index in [9.17, 15) is 27.6 Å². The van der Waals surface area contributed by atoms with Crippen LogP contribution >= 0.6 is 0 Å². The Bertz CT molecular complexity index is 854. The summed E-state index contributed by atoms with van der Waals surface area (Å²) >= 11 is 0. The third-order valence-corrected chi connectivity index (χ3v) is 4.75. The number of ketones is 1. The fourth-order valence-electron chi connectivity index (χ4n) is 2.96. The van der Waals surface area contributed by atoms with Crippen LogP contribution in [0, 0.1) is 22.6 Å². The van der Waals surface area contributed by atoms with Gasteiger partial charge in [-0.25, -0.2) is 9.37 Å². The van der Waals surface area contributed by atoms with Gasteiger partial charge in [-0.3, -0.25) is 15.2 Å². The van der Waals surface area contributed by atoms with Crippen molar-refractivity contribution in [2.24, 2.45) is 5.41 Å². The Hall–Kier alpha value is -2.80. The summed E-state index contributed by atoms with van der Waals surface area (Å²) in [5.41, 5.74) is -1.01. The molecule has 1 heterocycles. The maximum absolute atomic E-state index is 13.7. The zero-order chi connectivity index (χ0) is 20.4. The molecule has 0 unspecified atom stereocenters. The quantitative estimate of drug-likeness (QED) is 0.670. The van der Waals surface area contributed by atoms with Crippen LogP contribution < -0.4 is 5.32 Å². The van der Waals surface area contributed by atoms with Gasteiger partial charge < -0.3 is 0 Å². The average Bonchev–Trinajstić information content (AvgIpc) is 3.22.